The monoisotopic (exact) mass is 559 g/mol. The molecular weight excluding hydrogens is 534 g/mol. The molecule has 2 aliphatic heterocycles. The van der Waals surface area contributed by atoms with E-state index in [1.54, 1.807) is 0 Å². The molecule has 0 N–H and O–H groups in total. The standard InChI is InChI=1S/C41H25N3/c1-2-13-28(14-3-1)42-36-21-9-19-33-32-18-8-17-31-29-15-4-5-20-35(29)43(40(31)32)44(41(33)36)38-23-27-22-26-12-6-10-25-11-7-16-30(39(25)26)34(27)24-37(38)42/h1-24,39H. The maximum Gasteiger partial charge on any atom is 0.0957 e. The highest BCUT2D eigenvalue weighted by Gasteiger charge is 2.32. The highest BCUT2D eigenvalue weighted by Crippen LogP contribution is 2.48. The van der Waals surface area contributed by atoms with E-state index >= 15 is 0 Å². The summed E-state index contributed by atoms with van der Waals surface area (Å²) in [6, 6.07) is 38.1. The van der Waals surface area contributed by atoms with Crippen LogP contribution in [0, 0.1) is 5.92 Å². The molecule has 3 aliphatic carbocycles. The Morgan fingerprint density at radius 3 is 2.20 bits per heavy atom. The Labute approximate surface area is 253 Å². The molecule has 11 rings (SSSR count). The van der Waals surface area contributed by atoms with E-state index in [-0.39, 0.29) is 5.92 Å². The summed E-state index contributed by atoms with van der Waals surface area (Å²) in [6.07, 6.45) is 15.9. The van der Waals surface area contributed by atoms with Crippen LogP contribution in [0.4, 0.5) is 0 Å². The van der Waals surface area contributed by atoms with Crippen LogP contribution in [0.5, 0.6) is 0 Å². The first-order valence-corrected chi connectivity index (χ1v) is 15.3. The number of benzene rings is 5. The summed E-state index contributed by atoms with van der Waals surface area (Å²) >= 11 is 0. The summed E-state index contributed by atoms with van der Waals surface area (Å²) in [5.41, 5.74) is 15.1. The lowest BCUT2D eigenvalue weighted by Crippen LogP contribution is -2.19. The molecule has 1 aromatic heterocycles. The molecule has 1 unspecified atom stereocenters. The van der Waals surface area contributed by atoms with Crippen molar-refractivity contribution in [2.24, 2.45) is 5.92 Å². The second kappa shape index (κ2) is 7.97. The number of hydrogen-bond donors (Lipinski definition) is 0. The predicted octanol–water partition coefficient (Wildman–Crippen LogP) is 10.0. The fourth-order valence-corrected chi connectivity index (χ4v) is 8.28. The molecule has 204 valence electrons. The van der Waals surface area contributed by atoms with E-state index in [2.05, 4.69) is 159 Å². The molecule has 44 heavy (non-hydrogen) atoms. The van der Waals surface area contributed by atoms with Crippen molar-refractivity contribution in [1.29, 1.82) is 0 Å². The minimum atomic E-state index is 0.290. The number of fused-ring (bicyclic) bond motifs is 9. The van der Waals surface area contributed by atoms with Gasteiger partial charge in [0.1, 0.15) is 0 Å². The minimum absolute atomic E-state index is 0.290. The summed E-state index contributed by atoms with van der Waals surface area (Å²) < 4.78 is 7.44. The zero-order chi connectivity index (χ0) is 28.5. The van der Waals surface area contributed by atoms with Gasteiger partial charge in [0, 0.05) is 33.2 Å². The Morgan fingerprint density at radius 1 is 0.545 bits per heavy atom. The highest BCUT2D eigenvalue weighted by molar-refractivity contribution is 6.20. The summed E-state index contributed by atoms with van der Waals surface area (Å²) in [7, 11) is 0. The number of aromatic nitrogens is 3. The Bertz CT molecular complexity index is 2700. The van der Waals surface area contributed by atoms with Crippen molar-refractivity contribution in [1.82, 2.24) is 13.8 Å². The topological polar surface area (TPSA) is 14.3 Å². The summed E-state index contributed by atoms with van der Waals surface area (Å²) in [5, 5.41) is 5.10. The van der Waals surface area contributed by atoms with Gasteiger partial charge in [0.2, 0.25) is 0 Å². The minimum Gasteiger partial charge on any atom is -0.306 e. The third-order valence-corrected chi connectivity index (χ3v) is 10.0. The quantitative estimate of drug-likeness (QED) is 0.140. The Kier molecular flexibility index (Phi) is 4.12. The molecule has 0 spiro atoms. The van der Waals surface area contributed by atoms with E-state index in [9.17, 15) is 0 Å². The fourth-order valence-electron chi connectivity index (χ4n) is 8.28. The zero-order valence-corrected chi connectivity index (χ0v) is 23.8. The predicted molar refractivity (Wildman–Crippen MR) is 183 cm³/mol. The lowest BCUT2D eigenvalue weighted by molar-refractivity contribution is 0.837. The molecule has 3 heterocycles. The molecule has 3 nitrogen and oxygen atoms in total. The van der Waals surface area contributed by atoms with Gasteiger partial charge >= 0.3 is 0 Å². The van der Waals surface area contributed by atoms with E-state index in [0.717, 1.165) is 5.69 Å². The van der Waals surface area contributed by atoms with E-state index < -0.39 is 0 Å². The first-order chi connectivity index (χ1) is 21.8. The van der Waals surface area contributed by atoms with Gasteiger partial charge in [-0.1, -0.05) is 109 Å². The first kappa shape index (κ1) is 22.8. The van der Waals surface area contributed by atoms with Crippen LogP contribution in [0.3, 0.4) is 0 Å². The Hall–Kier alpha value is -5.80. The molecule has 0 saturated carbocycles. The van der Waals surface area contributed by atoms with Crippen LogP contribution >= 0.6 is 0 Å². The third-order valence-electron chi connectivity index (χ3n) is 10.0. The summed E-state index contributed by atoms with van der Waals surface area (Å²) in [6.45, 7) is 0. The Balaban J connectivity index is 1.43. The van der Waals surface area contributed by atoms with Gasteiger partial charge in [-0.2, -0.15) is 0 Å². The van der Waals surface area contributed by atoms with Gasteiger partial charge in [-0.3, -0.25) is 0 Å². The zero-order valence-electron chi connectivity index (χ0n) is 23.8. The van der Waals surface area contributed by atoms with Gasteiger partial charge in [-0.15, -0.1) is 0 Å². The molecule has 5 aliphatic rings. The van der Waals surface area contributed by atoms with Crippen LogP contribution in [-0.2, 0) is 0 Å². The van der Waals surface area contributed by atoms with Crippen molar-refractivity contribution in [3.8, 4) is 11.4 Å². The van der Waals surface area contributed by atoms with Gasteiger partial charge in [0.25, 0.3) is 0 Å². The second-order valence-electron chi connectivity index (χ2n) is 12.2. The average Bonchev–Trinajstić information content (AvgIpc) is 3.41. The van der Waals surface area contributed by atoms with Crippen molar-refractivity contribution in [3.05, 3.63) is 162 Å². The fraction of sp³-hybridized carbons (Fsp3) is 0.0244. The van der Waals surface area contributed by atoms with Crippen LogP contribution < -0.4 is 0 Å². The number of rotatable bonds is 1. The molecule has 0 bridgehead atoms. The van der Waals surface area contributed by atoms with Gasteiger partial charge < -0.3 is 4.57 Å². The molecule has 0 saturated heterocycles. The molecule has 5 aromatic carbocycles. The second-order valence-corrected chi connectivity index (χ2v) is 12.2. The lowest BCUT2D eigenvalue weighted by atomic mass is 9.71. The number of allylic oxidation sites excluding steroid dienone is 9. The van der Waals surface area contributed by atoms with Gasteiger partial charge in [0.15, 0.2) is 0 Å². The third kappa shape index (κ3) is 2.69. The smallest absolute Gasteiger partial charge is 0.0957 e. The van der Waals surface area contributed by atoms with Gasteiger partial charge in [-0.25, -0.2) is 9.20 Å². The van der Waals surface area contributed by atoms with Crippen molar-refractivity contribution in [2.75, 3.05) is 0 Å². The normalized spacial score (nSPS) is 17.1. The van der Waals surface area contributed by atoms with Crippen molar-refractivity contribution in [3.63, 3.8) is 0 Å². The maximum absolute atomic E-state index is 2.50. The first-order valence-electron chi connectivity index (χ1n) is 15.3. The summed E-state index contributed by atoms with van der Waals surface area (Å²) in [4.78, 5) is 0. The Morgan fingerprint density at radius 2 is 1.27 bits per heavy atom. The lowest BCUT2D eigenvalue weighted by Gasteiger charge is -2.33. The largest absolute Gasteiger partial charge is 0.306 e. The molecule has 0 radical (unpaired) electrons. The summed E-state index contributed by atoms with van der Waals surface area (Å²) in [5.74, 6) is 0.290. The van der Waals surface area contributed by atoms with Crippen molar-refractivity contribution in [2.45, 2.75) is 0 Å². The van der Waals surface area contributed by atoms with Gasteiger partial charge in [0.05, 0.1) is 33.3 Å². The SMILES string of the molecule is C1=CC2=CC=CC3=Cc4cc5c(cc4C(=C1)C23)n(-c1ccccc1)c1cccc2c1-n5n1c3ccccc3c3cccc2c31. The van der Waals surface area contributed by atoms with Gasteiger partial charge in [-0.05, 0) is 64.2 Å². The average molecular weight is 560 g/mol. The van der Waals surface area contributed by atoms with Crippen molar-refractivity contribution >= 4 is 60.8 Å². The molecule has 6 aromatic rings. The van der Waals surface area contributed by atoms with Crippen LogP contribution in [0.1, 0.15) is 11.1 Å². The molecule has 1 atom stereocenters. The van der Waals surface area contributed by atoms with Crippen LogP contribution in [-0.4, -0.2) is 13.8 Å². The molecule has 0 fully saturated rings. The molecule has 0 amide bonds. The van der Waals surface area contributed by atoms with E-state index in [1.165, 1.54) is 82.7 Å². The van der Waals surface area contributed by atoms with E-state index in [1.807, 2.05) is 0 Å². The molecular formula is C41H25N3. The van der Waals surface area contributed by atoms with E-state index in [0.29, 0.717) is 0 Å². The number of hydrogen-bond acceptors (Lipinski definition) is 0. The number of para-hydroxylation sites is 4. The van der Waals surface area contributed by atoms with Crippen LogP contribution in [0.25, 0.3) is 72.2 Å². The number of nitrogens with zero attached hydrogens (tertiary/aromatic N) is 3. The van der Waals surface area contributed by atoms with E-state index in [4.69, 9.17) is 0 Å². The maximum atomic E-state index is 2.50. The van der Waals surface area contributed by atoms with Crippen molar-refractivity contribution < 1.29 is 0 Å². The van der Waals surface area contributed by atoms with Crippen LogP contribution in [0.15, 0.2) is 151 Å². The highest BCUT2D eigenvalue weighted by atomic mass is 15.4. The van der Waals surface area contributed by atoms with Crippen LogP contribution in [0.2, 0.25) is 0 Å². The molecule has 3 heteroatoms.